The van der Waals surface area contributed by atoms with Crippen LogP contribution in [0.15, 0.2) is 35.5 Å². The van der Waals surface area contributed by atoms with Crippen LogP contribution in [0, 0.1) is 12.8 Å². The first-order chi connectivity index (χ1) is 13.0. The summed E-state index contributed by atoms with van der Waals surface area (Å²) >= 11 is 0. The third-order valence-electron chi connectivity index (χ3n) is 5.57. The van der Waals surface area contributed by atoms with Crippen molar-refractivity contribution < 1.29 is 4.79 Å². The van der Waals surface area contributed by atoms with E-state index in [4.69, 9.17) is 0 Å². The Kier molecular flexibility index (Phi) is 4.50. The van der Waals surface area contributed by atoms with Gasteiger partial charge in [0.2, 0.25) is 5.95 Å². The SMILES string of the molecule is CCN(CC)c1ccc([C@@H]2C3=C(C[C@H](C)CC3=O)Nc3nc(C)nn32)cc1. The van der Waals surface area contributed by atoms with Gasteiger partial charge in [-0.3, -0.25) is 4.79 Å². The standard InChI is InChI=1S/C21H27N5O/c1-5-25(6-2)16-9-7-15(8-10-16)20-19-17(11-13(3)12-18(19)27)23-21-22-14(4)24-26(20)21/h7-10,13,20H,5-6,11-12H2,1-4H3,(H,22,23,24)/t13-,20+/m0/s1. The topological polar surface area (TPSA) is 63.1 Å². The van der Waals surface area contributed by atoms with Crippen LogP contribution >= 0.6 is 0 Å². The van der Waals surface area contributed by atoms with E-state index in [-0.39, 0.29) is 11.8 Å². The number of carbonyl (C=O) groups is 1. The molecule has 6 nitrogen and oxygen atoms in total. The van der Waals surface area contributed by atoms with Crippen molar-refractivity contribution in [3.05, 3.63) is 46.9 Å². The number of hydrogen-bond acceptors (Lipinski definition) is 5. The number of hydrogen-bond donors (Lipinski definition) is 1. The second kappa shape index (κ2) is 6.83. The Morgan fingerprint density at radius 1 is 1.19 bits per heavy atom. The van der Waals surface area contributed by atoms with Gasteiger partial charge in [-0.25, -0.2) is 4.68 Å². The van der Waals surface area contributed by atoms with E-state index in [1.54, 1.807) is 0 Å². The number of fused-ring (bicyclic) bond motifs is 1. The van der Waals surface area contributed by atoms with E-state index < -0.39 is 0 Å². The number of ketones is 1. The molecule has 142 valence electrons. The van der Waals surface area contributed by atoms with E-state index in [9.17, 15) is 4.79 Å². The highest BCUT2D eigenvalue weighted by molar-refractivity contribution is 5.99. The monoisotopic (exact) mass is 365 g/mol. The lowest BCUT2D eigenvalue weighted by molar-refractivity contribution is -0.117. The molecule has 2 heterocycles. The molecule has 27 heavy (non-hydrogen) atoms. The molecule has 2 aliphatic rings. The van der Waals surface area contributed by atoms with Gasteiger partial charge >= 0.3 is 0 Å². The molecule has 0 saturated carbocycles. The Bertz CT molecular complexity index is 892. The molecular weight excluding hydrogens is 338 g/mol. The summed E-state index contributed by atoms with van der Waals surface area (Å²) in [5.74, 6) is 2.01. The molecule has 2 atom stereocenters. The molecule has 1 aliphatic heterocycles. The number of allylic oxidation sites excluding steroid dienone is 2. The van der Waals surface area contributed by atoms with Gasteiger partial charge in [-0.1, -0.05) is 19.1 Å². The van der Waals surface area contributed by atoms with E-state index in [2.05, 4.69) is 65.3 Å². The molecule has 6 heteroatoms. The minimum atomic E-state index is -0.205. The predicted molar refractivity (Wildman–Crippen MR) is 107 cm³/mol. The van der Waals surface area contributed by atoms with Crippen molar-refractivity contribution in [2.45, 2.75) is 46.6 Å². The molecule has 1 N–H and O–H groups in total. The normalized spacial score (nSPS) is 21.6. The summed E-state index contributed by atoms with van der Waals surface area (Å²) in [5.41, 5.74) is 4.14. The van der Waals surface area contributed by atoms with Gasteiger partial charge in [0, 0.05) is 36.5 Å². The van der Waals surface area contributed by atoms with Gasteiger partial charge in [-0.15, -0.1) is 0 Å². The molecule has 0 spiro atoms. The quantitative estimate of drug-likeness (QED) is 0.895. The number of benzene rings is 1. The first kappa shape index (κ1) is 17.8. The van der Waals surface area contributed by atoms with E-state index in [0.29, 0.717) is 18.2 Å². The zero-order chi connectivity index (χ0) is 19.1. The molecule has 0 fully saturated rings. The van der Waals surface area contributed by atoms with E-state index in [1.807, 2.05) is 11.6 Å². The summed E-state index contributed by atoms with van der Waals surface area (Å²) in [5, 5.41) is 7.96. The molecule has 4 rings (SSSR count). The van der Waals surface area contributed by atoms with E-state index in [0.717, 1.165) is 42.3 Å². The first-order valence-corrected chi connectivity index (χ1v) is 9.83. The van der Waals surface area contributed by atoms with Crippen LogP contribution in [0.4, 0.5) is 11.6 Å². The first-order valence-electron chi connectivity index (χ1n) is 9.83. The molecule has 0 unspecified atom stereocenters. The Morgan fingerprint density at radius 2 is 1.89 bits per heavy atom. The summed E-state index contributed by atoms with van der Waals surface area (Å²) < 4.78 is 1.87. The zero-order valence-electron chi connectivity index (χ0n) is 16.5. The molecule has 2 aromatic rings. The Morgan fingerprint density at radius 3 is 2.56 bits per heavy atom. The largest absolute Gasteiger partial charge is 0.372 e. The van der Waals surface area contributed by atoms with Crippen molar-refractivity contribution >= 4 is 17.4 Å². The molecule has 1 aliphatic carbocycles. The average Bonchev–Trinajstić information content (AvgIpc) is 3.01. The molecule has 0 radical (unpaired) electrons. The number of aryl methyl sites for hydroxylation is 1. The molecule has 1 aromatic heterocycles. The van der Waals surface area contributed by atoms with Crippen LogP contribution < -0.4 is 10.2 Å². The highest BCUT2D eigenvalue weighted by Crippen LogP contribution is 2.41. The van der Waals surface area contributed by atoms with Crippen molar-refractivity contribution in [1.29, 1.82) is 0 Å². The summed E-state index contributed by atoms with van der Waals surface area (Å²) in [4.78, 5) is 19.8. The van der Waals surface area contributed by atoms with Crippen molar-refractivity contribution in [3.8, 4) is 0 Å². The number of rotatable bonds is 4. The maximum atomic E-state index is 12.9. The maximum Gasteiger partial charge on any atom is 0.226 e. The smallest absolute Gasteiger partial charge is 0.226 e. The fraction of sp³-hybridized carbons (Fsp3) is 0.476. The van der Waals surface area contributed by atoms with Crippen LogP contribution in [-0.4, -0.2) is 33.6 Å². The van der Waals surface area contributed by atoms with Gasteiger partial charge in [-0.2, -0.15) is 10.1 Å². The number of aromatic nitrogens is 3. The Balaban J connectivity index is 1.80. The molecule has 0 amide bonds. The summed E-state index contributed by atoms with van der Waals surface area (Å²) in [7, 11) is 0. The van der Waals surface area contributed by atoms with Crippen LogP contribution in [-0.2, 0) is 4.79 Å². The van der Waals surface area contributed by atoms with Gasteiger partial charge in [0.15, 0.2) is 5.78 Å². The fourth-order valence-electron chi connectivity index (χ4n) is 4.28. The minimum Gasteiger partial charge on any atom is -0.372 e. The highest BCUT2D eigenvalue weighted by Gasteiger charge is 2.38. The molecular formula is C21H27N5O. The number of Topliss-reactive ketones (excluding diaryl/α,β-unsaturated/α-hetero) is 1. The lowest BCUT2D eigenvalue weighted by Crippen LogP contribution is -2.33. The number of nitrogens with one attached hydrogen (secondary N) is 1. The minimum absolute atomic E-state index is 0.205. The second-order valence-electron chi connectivity index (χ2n) is 7.55. The van der Waals surface area contributed by atoms with Crippen molar-refractivity contribution in [2.24, 2.45) is 5.92 Å². The summed E-state index contributed by atoms with van der Waals surface area (Å²) in [6, 6.07) is 8.33. The molecule has 0 bridgehead atoms. The van der Waals surface area contributed by atoms with Crippen molar-refractivity contribution in [1.82, 2.24) is 14.8 Å². The van der Waals surface area contributed by atoms with Gasteiger partial charge in [-0.05, 0) is 50.8 Å². The van der Waals surface area contributed by atoms with Crippen molar-refractivity contribution in [3.63, 3.8) is 0 Å². The van der Waals surface area contributed by atoms with Gasteiger partial charge in [0.1, 0.15) is 11.9 Å². The van der Waals surface area contributed by atoms with Crippen molar-refractivity contribution in [2.75, 3.05) is 23.3 Å². The average molecular weight is 365 g/mol. The van der Waals surface area contributed by atoms with Crippen LogP contribution in [0.25, 0.3) is 0 Å². The highest BCUT2D eigenvalue weighted by atomic mass is 16.1. The number of nitrogens with zero attached hydrogens (tertiary/aromatic N) is 4. The van der Waals surface area contributed by atoms with Crippen LogP contribution in [0.1, 0.15) is 51.0 Å². The number of carbonyl (C=O) groups excluding carboxylic acids is 1. The van der Waals surface area contributed by atoms with Crippen LogP contribution in [0.5, 0.6) is 0 Å². The zero-order valence-corrected chi connectivity index (χ0v) is 16.5. The second-order valence-corrected chi connectivity index (χ2v) is 7.55. The van der Waals surface area contributed by atoms with Gasteiger partial charge in [0.05, 0.1) is 0 Å². The number of anilines is 2. The lowest BCUT2D eigenvalue weighted by Gasteiger charge is -2.34. The van der Waals surface area contributed by atoms with Gasteiger partial charge < -0.3 is 10.2 Å². The Hall–Kier alpha value is -2.63. The summed E-state index contributed by atoms with van der Waals surface area (Å²) in [6.45, 7) is 10.3. The third kappa shape index (κ3) is 3.03. The van der Waals surface area contributed by atoms with E-state index >= 15 is 0 Å². The maximum absolute atomic E-state index is 12.9. The molecule has 0 saturated heterocycles. The predicted octanol–water partition coefficient (Wildman–Crippen LogP) is 3.70. The van der Waals surface area contributed by atoms with E-state index in [1.165, 1.54) is 5.69 Å². The van der Waals surface area contributed by atoms with Gasteiger partial charge in [0.25, 0.3) is 0 Å². The fourth-order valence-corrected chi connectivity index (χ4v) is 4.28. The van der Waals surface area contributed by atoms with Crippen LogP contribution in [0.3, 0.4) is 0 Å². The summed E-state index contributed by atoms with van der Waals surface area (Å²) in [6.07, 6.45) is 1.47. The Labute approximate surface area is 160 Å². The lowest BCUT2D eigenvalue weighted by atomic mass is 9.81. The molecule has 1 aromatic carbocycles. The van der Waals surface area contributed by atoms with Crippen LogP contribution in [0.2, 0.25) is 0 Å². The third-order valence-corrected chi connectivity index (χ3v) is 5.57.